The summed E-state index contributed by atoms with van der Waals surface area (Å²) in [6.07, 6.45) is 10.9. The van der Waals surface area contributed by atoms with Gasteiger partial charge in [0.15, 0.2) is 0 Å². The van der Waals surface area contributed by atoms with Crippen molar-refractivity contribution < 1.29 is 0 Å². The molecule has 2 rings (SSSR count). The van der Waals surface area contributed by atoms with Crippen molar-refractivity contribution in [2.24, 2.45) is 0 Å². The molecule has 1 fully saturated rings. The van der Waals surface area contributed by atoms with E-state index in [1.54, 1.807) is 11.1 Å². The first-order valence-corrected chi connectivity index (χ1v) is 7.18. The van der Waals surface area contributed by atoms with E-state index in [4.69, 9.17) is 0 Å². The van der Waals surface area contributed by atoms with Crippen molar-refractivity contribution in [3.05, 3.63) is 41.5 Å². The van der Waals surface area contributed by atoms with Crippen LogP contribution in [0.25, 0.3) is 5.57 Å². The number of rotatable bonds is 7. The molecule has 0 amide bonds. The SMILES string of the molecule is CCCCCCCC(=C1CC1)c1ccccc1. The maximum atomic E-state index is 2.28. The minimum absolute atomic E-state index is 1.29. The zero-order chi connectivity index (χ0) is 11.9. The molecule has 0 aliphatic heterocycles. The van der Waals surface area contributed by atoms with Crippen LogP contribution in [0.2, 0.25) is 0 Å². The van der Waals surface area contributed by atoms with Crippen LogP contribution in [0.5, 0.6) is 0 Å². The summed E-state index contributed by atoms with van der Waals surface area (Å²) in [4.78, 5) is 0. The van der Waals surface area contributed by atoms with E-state index in [1.807, 2.05) is 0 Å². The van der Waals surface area contributed by atoms with Crippen LogP contribution in [0, 0.1) is 0 Å². The average molecular weight is 228 g/mol. The fraction of sp³-hybridized carbons (Fsp3) is 0.529. The molecule has 1 aromatic carbocycles. The maximum Gasteiger partial charge on any atom is -0.0225 e. The fourth-order valence-corrected chi connectivity index (χ4v) is 2.43. The van der Waals surface area contributed by atoms with Gasteiger partial charge in [0.1, 0.15) is 0 Å². The van der Waals surface area contributed by atoms with Crippen molar-refractivity contribution >= 4 is 5.57 Å². The third-order valence-corrected chi connectivity index (χ3v) is 3.58. The Morgan fingerprint density at radius 3 is 2.29 bits per heavy atom. The minimum atomic E-state index is 1.29. The molecule has 0 spiro atoms. The summed E-state index contributed by atoms with van der Waals surface area (Å²) in [5.41, 5.74) is 4.84. The van der Waals surface area contributed by atoms with Crippen LogP contribution in [0.1, 0.15) is 63.9 Å². The maximum absolute atomic E-state index is 2.28. The highest BCUT2D eigenvalue weighted by molar-refractivity contribution is 5.71. The van der Waals surface area contributed by atoms with Crippen molar-refractivity contribution in [3.8, 4) is 0 Å². The van der Waals surface area contributed by atoms with Crippen molar-refractivity contribution in [1.29, 1.82) is 0 Å². The van der Waals surface area contributed by atoms with Crippen LogP contribution >= 0.6 is 0 Å². The molecule has 1 saturated carbocycles. The molecular weight excluding hydrogens is 204 g/mol. The zero-order valence-electron chi connectivity index (χ0n) is 11.0. The van der Waals surface area contributed by atoms with Gasteiger partial charge >= 0.3 is 0 Å². The lowest BCUT2D eigenvalue weighted by atomic mass is 9.98. The van der Waals surface area contributed by atoms with E-state index in [1.165, 1.54) is 56.9 Å². The lowest BCUT2D eigenvalue weighted by Crippen LogP contribution is -1.86. The first-order chi connectivity index (χ1) is 8.42. The molecule has 0 saturated heterocycles. The summed E-state index contributed by atoms with van der Waals surface area (Å²) in [7, 11) is 0. The predicted octanol–water partition coefficient (Wildman–Crippen LogP) is 5.59. The normalized spacial score (nSPS) is 13.8. The molecule has 0 bridgehead atoms. The Hall–Kier alpha value is -1.04. The van der Waals surface area contributed by atoms with Gasteiger partial charge in [0.25, 0.3) is 0 Å². The van der Waals surface area contributed by atoms with Crippen LogP contribution in [0.3, 0.4) is 0 Å². The monoisotopic (exact) mass is 228 g/mol. The average Bonchev–Trinajstić information content (AvgIpc) is 3.19. The van der Waals surface area contributed by atoms with E-state index >= 15 is 0 Å². The number of benzene rings is 1. The Balaban J connectivity index is 1.86. The van der Waals surface area contributed by atoms with Crippen LogP contribution in [-0.2, 0) is 0 Å². The second kappa shape index (κ2) is 6.64. The van der Waals surface area contributed by atoms with E-state index in [9.17, 15) is 0 Å². The van der Waals surface area contributed by atoms with Gasteiger partial charge in [-0.15, -0.1) is 0 Å². The van der Waals surface area contributed by atoms with Gasteiger partial charge in [0, 0.05) is 0 Å². The molecule has 0 atom stereocenters. The molecule has 92 valence electrons. The molecule has 0 radical (unpaired) electrons. The molecule has 0 nitrogen and oxygen atoms in total. The number of unbranched alkanes of at least 4 members (excludes halogenated alkanes) is 4. The number of hydrogen-bond acceptors (Lipinski definition) is 0. The lowest BCUT2D eigenvalue weighted by molar-refractivity contribution is 0.640. The van der Waals surface area contributed by atoms with Crippen molar-refractivity contribution in [3.63, 3.8) is 0 Å². The molecular formula is C17H24. The van der Waals surface area contributed by atoms with E-state index in [-0.39, 0.29) is 0 Å². The third kappa shape index (κ3) is 4.03. The summed E-state index contributed by atoms with van der Waals surface area (Å²) in [6, 6.07) is 11.0. The van der Waals surface area contributed by atoms with Crippen LogP contribution < -0.4 is 0 Å². The van der Waals surface area contributed by atoms with E-state index in [0.29, 0.717) is 0 Å². The van der Waals surface area contributed by atoms with Gasteiger partial charge in [0.05, 0.1) is 0 Å². The molecule has 0 heteroatoms. The Morgan fingerprint density at radius 2 is 1.65 bits per heavy atom. The predicted molar refractivity (Wildman–Crippen MR) is 76.0 cm³/mol. The molecule has 0 heterocycles. The first kappa shape index (κ1) is 12.4. The standard InChI is InChI=1S/C17H24/c1-2-3-4-5-9-12-17(16-13-14-16)15-10-7-6-8-11-15/h6-8,10-11H,2-5,9,12-14H2,1H3. The molecule has 0 aromatic heterocycles. The summed E-state index contributed by atoms with van der Waals surface area (Å²) >= 11 is 0. The van der Waals surface area contributed by atoms with Gasteiger partial charge in [-0.1, -0.05) is 68.5 Å². The van der Waals surface area contributed by atoms with Gasteiger partial charge < -0.3 is 0 Å². The summed E-state index contributed by atoms with van der Waals surface area (Å²) in [6.45, 7) is 2.28. The van der Waals surface area contributed by atoms with E-state index in [0.717, 1.165) is 0 Å². The highest BCUT2D eigenvalue weighted by atomic mass is 14.2. The molecule has 0 N–H and O–H groups in total. The topological polar surface area (TPSA) is 0 Å². The van der Waals surface area contributed by atoms with Crippen LogP contribution in [0.4, 0.5) is 0 Å². The van der Waals surface area contributed by atoms with Crippen LogP contribution in [0.15, 0.2) is 35.9 Å². The van der Waals surface area contributed by atoms with Gasteiger partial charge in [-0.05, 0) is 36.8 Å². The van der Waals surface area contributed by atoms with Gasteiger partial charge in [-0.3, -0.25) is 0 Å². The molecule has 1 aromatic rings. The van der Waals surface area contributed by atoms with Crippen LogP contribution in [-0.4, -0.2) is 0 Å². The largest absolute Gasteiger partial charge is 0.0658 e. The van der Waals surface area contributed by atoms with Crippen molar-refractivity contribution in [2.75, 3.05) is 0 Å². The van der Waals surface area contributed by atoms with Crippen molar-refractivity contribution in [2.45, 2.75) is 58.3 Å². The Labute approximate surface area is 106 Å². The van der Waals surface area contributed by atoms with Gasteiger partial charge in [-0.2, -0.15) is 0 Å². The second-order valence-electron chi connectivity index (χ2n) is 5.11. The summed E-state index contributed by atoms with van der Waals surface area (Å²) < 4.78 is 0. The fourth-order valence-electron chi connectivity index (χ4n) is 2.43. The minimum Gasteiger partial charge on any atom is -0.0658 e. The number of allylic oxidation sites excluding steroid dienone is 2. The van der Waals surface area contributed by atoms with Crippen molar-refractivity contribution in [1.82, 2.24) is 0 Å². The summed E-state index contributed by atoms with van der Waals surface area (Å²) in [5, 5.41) is 0. The molecule has 1 aliphatic carbocycles. The Kier molecular flexibility index (Phi) is 4.85. The summed E-state index contributed by atoms with van der Waals surface area (Å²) in [5.74, 6) is 0. The zero-order valence-corrected chi connectivity index (χ0v) is 11.0. The molecule has 1 aliphatic rings. The third-order valence-electron chi connectivity index (χ3n) is 3.58. The molecule has 0 unspecified atom stereocenters. The Morgan fingerprint density at radius 1 is 0.941 bits per heavy atom. The smallest absolute Gasteiger partial charge is 0.0225 e. The van der Waals surface area contributed by atoms with E-state index in [2.05, 4.69) is 37.3 Å². The number of hydrogen-bond donors (Lipinski definition) is 0. The second-order valence-corrected chi connectivity index (χ2v) is 5.11. The van der Waals surface area contributed by atoms with Gasteiger partial charge in [-0.25, -0.2) is 0 Å². The molecule has 17 heavy (non-hydrogen) atoms. The quantitative estimate of drug-likeness (QED) is 0.533. The highest BCUT2D eigenvalue weighted by Gasteiger charge is 2.18. The lowest BCUT2D eigenvalue weighted by Gasteiger charge is -2.07. The first-order valence-electron chi connectivity index (χ1n) is 7.18. The Bertz CT molecular complexity index is 353. The van der Waals surface area contributed by atoms with E-state index < -0.39 is 0 Å². The highest BCUT2D eigenvalue weighted by Crippen LogP contribution is 2.38. The van der Waals surface area contributed by atoms with Gasteiger partial charge in [0.2, 0.25) is 0 Å².